The van der Waals surface area contributed by atoms with Gasteiger partial charge in [0.15, 0.2) is 0 Å². The topological polar surface area (TPSA) is 57.5 Å². The van der Waals surface area contributed by atoms with Gasteiger partial charge < -0.3 is 12.4 Å². The van der Waals surface area contributed by atoms with Crippen molar-refractivity contribution >= 4 is 46.9 Å². The van der Waals surface area contributed by atoms with Crippen molar-refractivity contribution in [2.45, 2.75) is 0 Å². The van der Waals surface area contributed by atoms with Crippen LogP contribution < -0.4 is 0 Å². The van der Waals surface area contributed by atoms with Gasteiger partial charge in [-0.3, -0.25) is 4.46 Å². The second-order valence-corrected chi connectivity index (χ2v) is 0.848. The molecular formula is H4CaNiO3Si. The smallest absolute Gasteiger partial charge is 1.00 e. The van der Waals surface area contributed by atoms with Crippen molar-refractivity contribution < 1.29 is 33.4 Å². The number of rotatable bonds is 0. The van der Waals surface area contributed by atoms with Gasteiger partial charge in [-0.1, -0.05) is 0 Å². The summed E-state index contributed by atoms with van der Waals surface area (Å²) in [7, 11) is -3.13. The summed E-state index contributed by atoms with van der Waals surface area (Å²) in [6.07, 6.45) is 0. The monoisotopic (exact) mass is 178 g/mol. The molecule has 0 amide bonds. The Hall–Kier alpha value is 1.37. The Morgan fingerprint density at radius 3 is 1.50 bits per heavy atom. The SMILES string of the molecule is O=[Si](O)O.[Ca+2].[H-].[H-].[Ni]. The average Bonchev–Trinajstić information content (AvgIpc) is 0.811. The summed E-state index contributed by atoms with van der Waals surface area (Å²) in [4.78, 5) is 14.3. The first kappa shape index (κ1) is 15.7. The maximum absolute atomic E-state index is 8.74. The molecule has 3 nitrogen and oxygen atoms in total. The average molecular weight is 179 g/mol. The van der Waals surface area contributed by atoms with Crippen molar-refractivity contribution in [1.82, 2.24) is 0 Å². The summed E-state index contributed by atoms with van der Waals surface area (Å²) in [5.74, 6) is 0. The van der Waals surface area contributed by atoms with Crippen LogP contribution in [0, 0.1) is 0 Å². The third-order valence-electron chi connectivity index (χ3n) is 0. The fraction of sp³-hybridized carbons (Fsp3) is 0. The molecule has 0 aromatic heterocycles. The van der Waals surface area contributed by atoms with E-state index in [4.69, 9.17) is 14.1 Å². The summed E-state index contributed by atoms with van der Waals surface area (Å²) < 4.78 is 8.74. The summed E-state index contributed by atoms with van der Waals surface area (Å²) in [5, 5.41) is 0. The molecule has 0 aromatic rings. The zero-order chi connectivity index (χ0) is 3.58. The summed E-state index contributed by atoms with van der Waals surface area (Å²) >= 11 is 0. The van der Waals surface area contributed by atoms with Gasteiger partial charge in [0.25, 0.3) is 0 Å². The zero-order valence-corrected chi connectivity index (χ0v) is 7.02. The Bertz CT molecular complexity index is 40.3. The van der Waals surface area contributed by atoms with Gasteiger partial charge in [0, 0.05) is 16.5 Å². The fourth-order valence-corrected chi connectivity index (χ4v) is 0. The molecule has 0 aromatic carbocycles. The Morgan fingerprint density at radius 1 is 1.50 bits per heavy atom. The van der Waals surface area contributed by atoms with Crippen molar-refractivity contribution in [2.75, 3.05) is 0 Å². The molecule has 0 radical (unpaired) electrons. The van der Waals surface area contributed by atoms with Crippen molar-refractivity contribution in [3.63, 3.8) is 0 Å². The minimum atomic E-state index is -3.13. The summed E-state index contributed by atoms with van der Waals surface area (Å²) in [6.45, 7) is 0. The van der Waals surface area contributed by atoms with E-state index in [-0.39, 0.29) is 57.1 Å². The summed E-state index contributed by atoms with van der Waals surface area (Å²) in [5.41, 5.74) is 0. The van der Waals surface area contributed by atoms with E-state index in [1.54, 1.807) is 0 Å². The largest absolute Gasteiger partial charge is 2.00 e. The van der Waals surface area contributed by atoms with E-state index >= 15 is 0 Å². The van der Waals surface area contributed by atoms with Crippen LogP contribution in [0.4, 0.5) is 0 Å². The van der Waals surface area contributed by atoms with E-state index in [1.165, 1.54) is 0 Å². The van der Waals surface area contributed by atoms with Crippen LogP contribution in [-0.2, 0) is 21.0 Å². The van der Waals surface area contributed by atoms with Gasteiger partial charge >= 0.3 is 46.9 Å². The molecule has 38 valence electrons. The van der Waals surface area contributed by atoms with Crippen LogP contribution in [-0.4, -0.2) is 56.5 Å². The second-order valence-electron chi connectivity index (χ2n) is 0.283. The van der Waals surface area contributed by atoms with Gasteiger partial charge in [-0.05, 0) is 0 Å². The Kier molecular flexibility index (Phi) is 25.1. The fourth-order valence-electron chi connectivity index (χ4n) is 0. The molecule has 0 rings (SSSR count). The Labute approximate surface area is 79.5 Å². The van der Waals surface area contributed by atoms with Gasteiger partial charge in [-0.2, -0.15) is 0 Å². The predicted molar refractivity (Wildman–Crippen MR) is 18.9 cm³/mol. The molecule has 0 bridgehead atoms. The quantitative estimate of drug-likeness (QED) is 0.432. The van der Waals surface area contributed by atoms with Gasteiger partial charge in [-0.15, -0.1) is 0 Å². The number of hydrogen-bond acceptors (Lipinski definition) is 1. The third kappa shape index (κ3) is 54.6. The molecule has 0 saturated carbocycles. The first-order chi connectivity index (χ1) is 1.73. The van der Waals surface area contributed by atoms with Gasteiger partial charge in [0.05, 0.1) is 0 Å². The first-order valence-corrected chi connectivity index (χ1v) is 1.95. The van der Waals surface area contributed by atoms with Gasteiger partial charge in [-0.25, -0.2) is 0 Å². The molecule has 0 aliphatic carbocycles. The van der Waals surface area contributed by atoms with E-state index in [2.05, 4.69) is 0 Å². The van der Waals surface area contributed by atoms with Crippen LogP contribution in [0.25, 0.3) is 0 Å². The van der Waals surface area contributed by atoms with E-state index in [0.29, 0.717) is 0 Å². The minimum absolute atomic E-state index is 0. The van der Waals surface area contributed by atoms with Crippen molar-refractivity contribution in [1.29, 1.82) is 0 Å². The molecule has 0 aliphatic rings. The van der Waals surface area contributed by atoms with E-state index < -0.39 is 9.17 Å². The van der Waals surface area contributed by atoms with Crippen molar-refractivity contribution in [3.8, 4) is 0 Å². The molecule has 0 fully saturated rings. The van der Waals surface area contributed by atoms with Crippen LogP contribution in [0.5, 0.6) is 0 Å². The third-order valence-corrected chi connectivity index (χ3v) is 0. The van der Waals surface area contributed by atoms with Crippen molar-refractivity contribution in [3.05, 3.63) is 0 Å². The second kappa shape index (κ2) is 9.62. The zero-order valence-electron chi connectivity index (χ0n) is 4.83. The molecule has 0 heterocycles. The van der Waals surface area contributed by atoms with E-state index in [0.717, 1.165) is 0 Å². The van der Waals surface area contributed by atoms with Crippen LogP contribution >= 0.6 is 0 Å². The molecule has 0 aliphatic heterocycles. The predicted octanol–water partition coefficient (Wildman–Crippen LogP) is -1.77. The maximum atomic E-state index is 8.74. The summed E-state index contributed by atoms with van der Waals surface area (Å²) in [6, 6.07) is 0. The molecule has 6 heavy (non-hydrogen) atoms. The molecule has 6 heteroatoms. The number of hydrogen-bond donors (Lipinski definition) is 2. The first-order valence-electron chi connectivity index (χ1n) is 0.651. The normalized spacial score (nSPS) is 4.00. The molecule has 0 unspecified atom stereocenters. The molecular weight excluding hydrogens is 175 g/mol. The van der Waals surface area contributed by atoms with Crippen LogP contribution in [0.1, 0.15) is 2.85 Å². The molecule has 2 N–H and O–H groups in total. The minimum Gasteiger partial charge on any atom is -1.00 e. The standard InChI is InChI=1S/Ca.Ni.H2O3Si.2H/c;;1-4(2)3;;/h;;1-2H;;/q+2;;;2*-1. The van der Waals surface area contributed by atoms with Gasteiger partial charge in [0.2, 0.25) is 0 Å². The molecule has 0 saturated heterocycles. The van der Waals surface area contributed by atoms with Crippen LogP contribution in [0.15, 0.2) is 0 Å². The van der Waals surface area contributed by atoms with E-state index in [9.17, 15) is 0 Å². The van der Waals surface area contributed by atoms with Crippen LogP contribution in [0.3, 0.4) is 0 Å². The maximum Gasteiger partial charge on any atom is 2.00 e. The Morgan fingerprint density at radius 2 is 1.50 bits per heavy atom. The molecule has 0 spiro atoms. The van der Waals surface area contributed by atoms with Gasteiger partial charge in [0.1, 0.15) is 0 Å². The Balaban J connectivity index is -0.00000000750. The van der Waals surface area contributed by atoms with Crippen LogP contribution in [0.2, 0.25) is 0 Å². The van der Waals surface area contributed by atoms with E-state index in [1.807, 2.05) is 0 Å². The van der Waals surface area contributed by atoms with Crippen molar-refractivity contribution in [2.24, 2.45) is 0 Å². The molecule has 0 atom stereocenters.